The molecule has 2 N–H and O–H groups in total. The van der Waals surface area contributed by atoms with Crippen molar-refractivity contribution in [1.29, 1.82) is 0 Å². The summed E-state index contributed by atoms with van der Waals surface area (Å²) in [5.74, 6) is -2.14. The van der Waals surface area contributed by atoms with Crippen molar-refractivity contribution in [3.05, 3.63) is 70.2 Å². The van der Waals surface area contributed by atoms with Gasteiger partial charge in [-0.15, -0.1) is 11.3 Å². The minimum absolute atomic E-state index is 0.0808. The van der Waals surface area contributed by atoms with Crippen molar-refractivity contribution in [2.24, 2.45) is 0 Å². The van der Waals surface area contributed by atoms with Gasteiger partial charge in [-0.1, -0.05) is 0 Å². The van der Waals surface area contributed by atoms with Crippen LogP contribution in [0.2, 0.25) is 0 Å². The van der Waals surface area contributed by atoms with Gasteiger partial charge in [-0.3, -0.25) is 0 Å². The van der Waals surface area contributed by atoms with E-state index >= 15 is 0 Å². The Morgan fingerprint density at radius 3 is 2.53 bits per heavy atom. The van der Waals surface area contributed by atoms with Crippen LogP contribution in [0.3, 0.4) is 0 Å². The zero-order valence-electron chi connectivity index (χ0n) is 15.7. The molecule has 0 atom stereocenters. The van der Waals surface area contributed by atoms with Crippen LogP contribution in [-0.4, -0.2) is 28.8 Å². The third kappa shape index (κ3) is 3.48. The molecule has 9 heteroatoms. The minimum atomic E-state index is -1.22. The number of alkyl carbamates (subject to hydrolysis) is 1. The number of nitrogens with zero attached hydrogens (tertiary/aromatic N) is 1. The van der Waals surface area contributed by atoms with Gasteiger partial charge in [0.05, 0.1) is 7.11 Å². The van der Waals surface area contributed by atoms with Crippen LogP contribution in [0, 0.1) is 11.6 Å². The predicted octanol–water partition coefficient (Wildman–Crippen LogP) is 4.74. The molecule has 0 aliphatic heterocycles. The number of halogens is 2. The summed E-state index contributed by atoms with van der Waals surface area (Å²) in [5.41, 5.74) is 1.41. The number of fused-ring (bicyclic) bond motifs is 2. The lowest BCUT2D eigenvalue weighted by Crippen LogP contribution is -2.23. The molecule has 1 amide bonds. The molecule has 0 aliphatic carbocycles. The Bertz CT molecular complexity index is 1300. The number of ether oxygens (including phenoxy) is 1. The Labute approximate surface area is 173 Å². The largest absolute Gasteiger partial charge is 0.477 e. The standard InChI is InChI=1S/C21H16F2N2O4S/c1-29-21(28)24-8-16-15-7-12(22)2-4-17(15)25(19(16)20(26)27)9-11-10-30-18-5-3-13(23)6-14(11)18/h2-7,10H,8-9H2,1H3,(H,24,28)(H,26,27). The first-order chi connectivity index (χ1) is 14.4. The van der Waals surface area contributed by atoms with E-state index in [1.807, 2.05) is 5.38 Å². The number of thiophene rings is 1. The number of rotatable bonds is 5. The molecule has 0 saturated heterocycles. The molecule has 2 aromatic heterocycles. The second kappa shape index (κ2) is 7.75. The number of hydrogen-bond acceptors (Lipinski definition) is 4. The molecule has 0 aliphatic rings. The highest BCUT2D eigenvalue weighted by Crippen LogP contribution is 2.32. The fraction of sp³-hybridized carbons (Fsp3) is 0.143. The number of aromatic carboxylic acids is 1. The number of aromatic nitrogens is 1. The summed E-state index contributed by atoms with van der Waals surface area (Å²) in [6.07, 6.45) is -0.733. The molecule has 2 heterocycles. The average molecular weight is 430 g/mol. The van der Waals surface area contributed by atoms with Crippen LogP contribution in [0.1, 0.15) is 21.6 Å². The monoisotopic (exact) mass is 430 g/mol. The summed E-state index contributed by atoms with van der Waals surface area (Å²) in [6, 6.07) is 8.42. The molecule has 2 aromatic carbocycles. The summed E-state index contributed by atoms with van der Waals surface area (Å²) in [5, 5.41) is 15.3. The fourth-order valence-corrected chi connectivity index (χ4v) is 4.50. The van der Waals surface area contributed by atoms with Crippen molar-refractivity contribution in [1.82, 2.24) is 9.88 Å². The van der Waals surface area contributed by atoms with Crippen LogP contribution >= 0.6 is 11.3 Å². The highest BCUT2D eigenvalue weighted by atomic mass is 32.1. The van der Waals surface area contributed by atoms with E-state index in [1.165, 1.54) is 53.3 Å². The normalized spacial score (nSPS) is 11.2. The Balaban J connectivity index is 1.89. The molecule has 0 bridgehead atoms. The summed E-state index contributed by atoms with van der Waals surface area (Å²) in [4.78, 5) is 23.7. The van der Waals surface area contributed by atoms with E-state index in [4.69, 9.17) is 0 Å². The number of amides is 1. The second-order valence-electron chi connectivity index (χ2n) is 6.63. The lowest BCUT2D eigenvalue weighted by molar-refractivity contribution is 0.0684. The van der Waals surface area contributed by atoms with Crippen LogP contribution in [0.4, 0.5) is 13.6 Å². The Morgan fingerprint density at radius 1 is 1.13 bits per heavy atom. The number of carboxylic acids is 1. The second-order valence-corrected chi connectivity index (χ2v) is 7.54. The smallest absolute Gasteiger partial charge is 0.407 e. The first-order valence-electron chi connectivity index (χ1n) is 8.90. The lowest BCUT2D eigenvalue weighted by Gasteiger charge is -2.09. The van der Waals surface area contributed by atoms with Crippen LogP contribution in [-0.2, 0) is 17.8 Å². The van der Waals surface area contributed by atoms with Crippen molar-refractivity contribution >= 4 is 44.4 Å². The van der Waals surface area contributed by atoms with Crippen molar-refractivity contribution < 1.29 is 28.2 Å². The number of hydrogen-bond donors (Lipinski definition) is 2. The van der Waals surface area contributed by atoms with E-state index in [1.54, 1.807) is 6.07 Å². The van der Waals surface area contributed by atoms with Gasteiger partial charge in [0.2, 0.25) is 0 Å². The van der Waals surface area contributed by atoms with E-state index in [0.29, 0.717) is 16.3 Å². The maximum absolute atomic E-state index is 13.9. The van der Waals surface area contributed by atoms with Crippen molar-refractivity contribution in [2.75, 3.05) is 7.11 Å². The van der Waals surface area contributed by atoms with Crippen molar-refractivity contribution in [3.63, 3.8) is 0 Å². The zero-order chi connectivity index (χ0) is 21.4. The molecule has 4 rings (SSSR count). The summed E-state index contributed by atoms with van der Waals surface area (Å²) in [6.45, 7) is -0.00822. The van der Waals surface area contributed by atoms with Gasteiger partial charge in [0, 0.05) is 39.6 Å². The quantitative estimate of drug-likeness (QED) is 0.479. The third-order valence-corrected chi connectivity index (χ3v) is 5.88. The van der Waals surface area contributed by atoms with E-state index in [2.05, 4.69) is 10.1 Å². The van der Waals surface area contributed by atoms with E-state index in [9.17, 15) is 23.5 Å². The number of nitrogens with one attached hydrogen (secondary N) is 1. The zero-order valence-corrected chi connectivity index (χ0v) is 16.6. The molecule has 154 valence electrons. The number of benzene rings is 2. The van der Waals surface area contributed by atoms with Crippen LogP contribution in [0.5, 0.6) is 0 Å². The molecule has 0 spiro atoms. The summed E-state index contributed by atoms with van der Waals surface area (Å²) >= 11 is 1.43. The van der Waals surface area contributed by atoms with E-state index < -0.39 is 17.9 Å². The van der Waals surface area contributed by atoms with Gasteiger partial charge in [-0.25, -0.2) is 18.4 Å². The maximum Gasteiger partial charge on any atom is 0.407 e. The maximum atomic E-state index is 13.9. The SMILES string of the molecule is COC(=O)NCc1c(C(=O)O)n(Cc2csc3ccc(F)cc23)c2ccc(F)cc12. The third-order valence-electron chi connectivity index (χ3n) is 4.87. The summed E-state index contributed by atoms with van der Waals surface area (Å²) < 4.78 is 34.7. The molecule has 0 radical (unpaired) electrons. The molecule has 6 nitrogen and oxygen atoms in total. The highest BCUT2D eigenvalue weighted by Gasteiger charge is 2.24. The molecular weight excluding hydrogens is 414 g/mol. The van der Waals surface area contributed by atoms with E-state index in [0.717, 1.165) is 10.3 Å². The van der Waals surface area contributed by atoms with Gasteiger partial charge in [-0.05, 0) is 47.3 Å². The van der Waals surface area contributed by atoms with Crippen LogP contribution < -0.4 is 5.32 Å². The highest BCUT2D eigenvalue weighted by molar-refractivity contribution is 7.17. The topological polar surface area (TPSA) is 80.6 Å². The van der Waals surface area contributed by atoms with Gasteiger partial charge in [0.15, 0.2) is 0 Å². The van der Waals surface area contributed by atoms with Crippen LogP contribution in [0.25, 0.3) is 21.0 Å². The molecular formula is C21H16F2N2O4S. The van der Waals surface area contributed by atoms with E-state index in [-0.39, 0.29) is 30.2 Å². The average Bonchev–Trinajstić information content (AvgIpc) is 3.24. The summed E-state index contributed by atoms with van der Waals surface area (Å²) in [7, 11) is 1.19. The Kier molecular flexibility index (Phi) is 5.13. The van der Waals surface area contributed by atoms with Gasteiger partial charge >= 0.3 is 12.1 Å². The van der Waals surface area contributed by atoms with Crippen molar-refractivity contribution in [3.8, 4) is 0 Å². The first kappa shape index (κ1) is 19.8. The molecule has 30 heavy (non-hydrogen) atoms. The molecule has 0 saturated carbocycles. The first-order valence-corrected chi connectivity index (χ1v) is 9.78. The Hall–Kier alpha value is -3.46. The number of carbonyl (C=O) groups excluding carboxylic acids is 1. The molecule has 0 unspecified atom stereocenters. The molecule has 0 fully saturated rings. The number of methoxy groups -OCH3 is 1. The van der Waals surface area contributed by atoms with Gasteiger partial charge < -0.3 is 19.7 Å². The van der Waals surface area contributed by atoms with Crippen LogP contribution in [0.15, 0.2) is 41.8 Å². The fourth-order valence-electron chi connectivity index (χ4n) is 3.56. The minimum Gasteiger partial charge on any atom is -0.477 e. The Morgan fingerprint density at radius 2 is 1.83 bits per heavy atom. The van der Waals surface area contributed by atoms with Crippen molar-refractivity contribution in [2.45, 2.75) is 13.1 Å². The lowest BCUT2D eigenvalue weighted by atomic mass is 10.1. The van der Waals surface area contributed by atoms with Gasteiger partial charge in [0.1, 0.15) is 17.3 Å². The van der Waals surface area contributed by atoms with Gasteiger partial charge in [-0.2, -0.15) is 0 Å². The van der Waals surface area contributed by atoms with Gasteiger partial charge in [0.25, 0.3) is 0 Å². The predicted molar refractivity (Wildman–Crippen MR) is 109 cm³/mol. The number of carboxylic acid groups (broad SMARTS) is 1. The number of carbonyl (C=O) groups is 2. The molecule has 4 aromatic rings.